The van der Waals surface area contributed by atoms with E-state index in [1.165, 1.54) is 12.8 Å². The van der Waals surface area contributed by atoms with Crippen molar-refractivity contribution < 1.29 is 9.90 Å². The summed E-state index contributed by atoms with van der Waals surface area (Å²) in [6, 6.07) is -0.195. The molecule has 2 amide bonds. The number of amides is 2. The first-order chi connectivity index (χ1) is 7.72. The number of carbonyl (C=O) groups excluding carboxylic acids is 1. The van der Waals surface area contributed by atoms with Crippen LogP contribution in [0.5, 0.6) is 0 Å². The Hall–Kier alpha value is -0.810. The van der Waals surface area contributed by atoms with E-state index in [1.54, 1.807) is 0 Å². The first-order valence-corrected chi connectivity index (χ1v) is 6.07. The minimum absolute atomic E-state index is 0.0168. The number of aliphatic hydroxyl groups excluding tert-OH is 1. The average Bonchev–Trinajstić information content (AvgIpc) is 2.26. The van der Waals surface area contributed by atoms with Gasteiger partial charge in [-0.05, 0) is 25.3 Å². The van der Waals surface area contributed by atoms with E-state index in [1.807, 2.05) is 0 Å². The number of carbonyl (C=O) groups is 1. The van der Waals surface area contributed by atoms with Gasteiger partial charge in [0, 0.05) is 26.2 Å². The molecule has 0 aromatic rings. The van der Waals surface area contributed by atoms with Crippen LogP contribution < -0.4 is 10.6 Å². The molecule has 0 bridgehead atoms. The maximum Gasteiger partial charge on any atom is 0.314 e. The highest BCUT2D eigenvalue weighted by molar-refractivity contribution is 5.73. The van der Waals surface area contributed by atoms with Crippen LogP contribution in [0.2, 0.25) is 0 Å². The molecule has 3 N–H and O–H groups in total. The second-order valence-corrected chi connectivity index (χ2v) is 4.45. The van der Waals surface area contributed by atoms with Crippen molar-refractivity contribution in [3.63, 3.8) is 0 Å². The molecule has 0 spiro atoms. The fraction of sp³-hybridized carbons (Fsp3) is 0.909. The van der Waals surface area contributed by atoms with Gasteiger partial charge in [-0.15, -0.1) is 0 Å². The summed E-state index contributed by atoms with van der Waals surface area (Å²) in [5.41, 5.74) is 0. The number of urea groups is 1. The summed E-state index contributed by atoms with van der Waals surface area (Å²) in [6.45, 7) is 6.43. The van der Waals surface area contributed by atoms with E-state index in [2.05, 4.69) is 22.5 Å². The Morgan fingerprint density at radius 3 is 2.88 bits per heavy atom. The summed E-state index contributed by atoms with van der Waals surface area (Å²) in [6.07, 6.45) is 2.58. The third-order valence-corrected chi connectivity index (χ3v) is 2.85. The first-order valence-electron chi connectivity index (χ1n) is 6.07. The zero-order valence-electron chi connectivity index (χ0n) is 10.0. The Bertz CT molecular complexity index is 211. The lowest BCUT2D eigenvalue weighted by Crippen LogP contribution is -2.43. The predicted molar refractivity (Wildman–Crippen MR) is 63.3 cm³/mol. The van der Waals surface area contributed by atoms with Crippen molar-refractivity contribution in [3.8, 4) is 0 Å². The standard InChI is InChI=1S/C11H23N3O2/c1-10-3-2-6-14(9-10)7-4-12-11(16)13-5-8-15/h10,15H,2-9H2,1H3,(H2,12,13,16). The lowest BCUT2D eigenvalue weighted by molar-refractivity contribution is 0.183. The molecule has 1 aliphatic rings. The summed E-state index contributed by atoms with van der Waals surface area (Å²) in [5.74, 6) is 0.775. The van der Waals surface area contributed by atoms with Crippen LogP contribution in [0.1, 0.15) is 19.8 Å². The van der Waals surface area contributed by atoms with Crippen LogP contribution in [0.25, 0.3) is 0 Å². The smallest absolute Gasteiger partial charge is 0.314 e. The van der Waals surface area contributed by atoms with Gasteiger partial charge in [-0.25, -0.2) is 4.79 Å². The van der Waals surface area contributed by atoms with Crippen LogP contribution in [-0.4, -0.2) is 55.4 Å². The second-order valence-electron chi connectivity index (χ2n) is 4.45. The Morgan fingerprint density at radius 1 is 1.44 bits per heavy atom. The normalized spacial score (nSPS) is 21.8. The maximum atomic E-state index is 11.2. The molecule has 1 rings (SSSR count). The van der Waals surface area contributed by atoms with E-state index in [0.717, 1.165) is 25.6 Å². The number of rotatable bonds is 5. The molecular weight excluding hydrogens is 206 g/mol. The van der Waals surface area contributed by atoms with Crippen molar-refractivity contribution in [2.24, 2.45) is 5.92 Å². The van der Waals surface area contributed by atoms with Gasteiger partial charge < -0.3 is 20.6 Å². The summed E-state index contributed by atoms with van der Waals surface area (Å²) in [5, 5.41) is 13.9. The van der Waals surface area contributed by atoms with E-state index < -0.39 is 0 Å². The summed E-state index contributed by atoms with van der Waals surface area (Å²) >= 11 is 0. The van der Waals surface area contributed by atoms with Gasteiger partial charge >= 0.3 is 6.03 Å². The molecule has 1 fully saturated rings. The van der Waals surface area contributed by atoms with E-state index in [-0.39, 0.29) is 12.6 Å². The van der Waals surface area contributed by atoms with E-state index in [9.17, 15) is 4.79 Å². The molecule has 1 heterocycles. The molecule has 5 heteroatoms. The lowest BCUT2D eigenvalue weighted by Gasteiger charge is -2.30. The van der Waals surface area contributed by atoms with Crippen LogP contribution in [0.3, 0.4) is 0 Å². The Morgan fingerprint density at radius 2 is 2.19 bits per heavy atom. The molecule has 1 unspecified atom stereocenters. The number of aliphatic hydroxyl groups is 1. The molecule has 0 radical (unpaired) electrons. The fourth-order valence-electron chi connectivity index (χ4n) is 2.05. The van der Waals surface area contributed by atoms with Crippen LogP contribution in [0.4, 0.5) is 4.79 Å². The van der Waals surface area contributed by atoms with Crippen LogP contribution >= 0.6 is 0 Å². The van der Waals surface area contributed by atoms with Crippen LogP contribution in [-0.2, 0) is 0 Å². The van der Waals surface area contributed by atoms with E-state index in [4.69, 9.17) is 5.11 Å². The molecule has 0 aromatic heterocycles. The highest BCUT2D eigenvalue weighted by Crippen LogP contribution is 2.14. The number of hydrogen-bond donors (Lipinski definition) is 3. The van der Waals surface area contributed by atoms with E-state index >= 15 is 0 Å². The van der Waals surface area contributed by atoms with Gasteiger partial charge in [0.25, 0.3) is 0 Å². The molecule has 1 aliphatic heterocycles. The Labute approximate surface area is 97.2 Å². The summed E-state index contributed by atoms with van der Waals surface area (Å²) in [4.78, 5) is 13.5. The molecule has 0 aromatic carbocycles. The highest BCUT2D eigenvalue weighted by atomic mass is 16.3. The second kappa shape index (κ2) is 7.46. The van der Waals surface area contributed by atoms with Crippen molar-refractivity contribution in [2.45, 2.75) is 19.8 Å². The van der Waals surface area contributed by atoms with Gasteiger partial charge in [-0.1, -0.05) is 6.92 Å². The van der Waals surface area contributed by atoms with Gasteiger partial charge in [-0.3, -0.25) is 0 Å². The maximum absolute atomic E-state index is 11.2. The number of hydrogen-bond acceptors (Lipinski definition) is 3. The van der Waals surface area contributed by atoms with Gasteiger partial charge in [0.15, 0.2) is 0 Å². The number of likely N-dealkylation sites (tertiary alicyclic amines) is 1. The largest absolute Gasteiger partial charge is 0.395 e. The SMILES string of the molecule is CC1CCCN(CCNC(=O)NCCO)C1. The number of piperidine rings is 1. The van der Waals surface area contributed by atoms with E-state index in [0.29, 0.717) is 13.1 Å². The molecule has 94 valence electrons. The average molecular weight is 229 g/mol. The predicted octanol–water partition coefficient (Wildman–Crippen LogP) is 0.00980. The molecule has 5 nitrogen and oxygen atoms in total. The zero-order chi connectivity index (χ0) is 11.8. The Balaban J connectivity index is 2.03. The lowest BCUT2D eigenvalue weighted by atomic mass is 10.0. The topological polar surface area (TPSA) is 64.6 Å². The van der Waals surface area contributed by atoms with Gasteiger partial charge in [-0.2, -0.15) is 0 Å². The summed E-state index contributed by atoms with van der Waals surface area (Å²) < 4.78 is 0. The van der Waals surface area contributed by atoms with Gasteiger partial charge in [0.1, 0.15) is 0 Å². The molecule has 1 atom stereocenters. The number of nitrogens with one attached hydrogen (secondary N) is 2. The van der Waals surface area contributed by atoms with Crippen molar-refractivity contribution in [1.29, 1.82) is 0 Å². The Kier molecular flexibility index (Phi) is 6.18. The fourth-order valence-corrected chi connectivity index (χ4v) is 2.05. The number of nitrogens with zero attached hydrogens (tertiary/aromatic N) is 1. The molecule has 16 heavy (non-hydrogen) atoms. The van der Waals surface area contributed by atoms with Gasteiger partial charge in [0.2, 0.25) is 0 Å². The minimum Gasteiger partial charge on any atom is -0.395 e. The van der Waals surface area contributed by atoms with Crippen molar-refractivity contribution in [2.75, 3.05) is 39.3 Å². The molecular formula is C11H23N3O2. The monoisotopic (exact) mass is 229 g/mol. The highest BCUT2D eigenvalue weighted by Gasteiger charge is 2.15. The van der Waals surface area contributed by atoms with Crippen molar-refractivity contribution >= 4 is 6.03 Å². The quantitative estimate of drug-likeness (QED) is 0.622. The third kappa shape index (κ3) is 5.32. The van der Waals surface area contributed by atoms with Gasteiger partial charge in [0.05, 0.1) is 6.61 Å². The molecule has 0 saturated carbocycles. The van der Waals surface area contributed by atoms with Crippen LogP contribution in [0.15, 0.2) is 0 Å². The molecule has 0 aliphatic carbocycles. The molecule has 1 saturated heterocycles. The van der Waals surface area contributed by atoms with Crippen LogP contribution in [0, 0.1) is 5.92 Å². The first kappa shape index (κ1) is 13.3. The summed E-state index contributed by atoms with van der Waals surface area (Å²) in [7, 11) is 0. The van der Waals surface area contributed by atoms with Crippen molar-refractivity contribution in [3.05, 3.63) is 0 Å². The van der Waals surface area contributed by atoms with Crippen molar-refractivity contribution in [1.82, 2.24) is 15.5 Å². The minimum atomic E-state index is -0.195. The third-order valence-electron chi connectivity index (χ3n) is 2.85. The zero-order valence-corrected chi connectivity index (χ0v) is 10.0.